The van der Waals surface area contributed by atoms with Gasteiger partial charge in [0.05, 0.1) is 18.0 Å². The first-order chi connectivity index (χ1) is 10.4. The van der Waals surface area contributed by atoms with Crippen molar-refractivity contribution in [2.24, 2.45) is 0 Å². The zero-order chi connectivity index (χ0) is 16.3. The van der Waals surface area contributed by atoms with E-state index in [9.17, 15) is 19.7 Å². The van der Waals surface area contributed by atoms with Crippen LogP contribution in [-0.2, 0) is 14.4 Å². The van der Waals surface area contributed by atoms with Gasteiger partial charge in [-0.3, -0.25) is 19.8 Å². The van der Waals surface area contributed by atoms with Crippen LogP contribution in [0.15, 0.2) is 24.3 Å². The van der Waals surface area contributed by atoms with Gasteiger partial charge < -0.3 is 4.74 Å². The van der Waals surface area contributed by atoms with Crippen molar-refractivity contribution in [3.05, 3.63) is 34.4 Å². The Morgan fingerprint density at radius 1 is 1.41 bits per heavy atom. The SMILES string of the molecule is CCOC(=O)C[C@@H]1ON(C)C(=O)N1c1ccc([N+](=O)[O-])cc1. The minimum Gasteiger partial charge on any atom is -0.466 e. The molecule has 1 atom stereocenters. The highest BCUT2D eigenvalue weighted by atomic mass is 16.7. The lowest BCUT2D eigenvalue weighted by molar-refractivity contribution is -0.384. The lowest BCUT2D eigenvalue weighted by Gasteiger charge is -2.20. The Labute approximate surface area is 126 Å². The Bertz CT molecular complexity index is 588. The van der Waals surface area contributed by atoms with Crippen molar-refractivity contribution in [3.8, 4) is 0 Å². The molecule has 9 nitrogen and oxygen atoms in total. The lowest BCUT2D eigenvalue weighted by Crippen LogP contribution is -2.35. The average molecular weight is 309 g/mol. The molecule has 1 saturated heterocycles. The first kappa shape index (κ1) is 15.7. The van der Waals surface area contributed by atoms with Gasteiger partial charge in [0.1, 0.15) is 0 Å². The summed E-state index contributed by atoms with van der Waals surface area (Å²) in [5, 5.41) is 11.7. The molecule has 1 aromatic carbocycles. The van der Waals surface area contributed by atoms with Crippen LogP contribution in [0.1, 0.15) is 13.3 Å². The summed E-state index contributed by atoms with van der Waals surface area (Å²) in [5.74, 6) is -0.498. The van der Waals surface area contributed by atoms with E-state index in [2.05, 4.69) is 0 Å². The zero-order valence-electron chi connectivity index (χ0n) is 12.1. The maximum Gasteiger partial charge on any atom is 0.350 e. The van der Waals surface area contributed by atoms with Crippen LogP contribution >= 0.6 is 0 Å². The summed E-state index contributed by atoms with van der Waals surface area (Å²) < 4.78 is 4.84. The van der Waals surface area contributed by atoms with Gasteiger partial charge in [0.25, 0.3) is 5.69 Å². The molecule has 2 amide bonds. The molecule has 1 fully saturated rings. The number of carbonyl (C=O) groups is 2. The van der Waals surface area contributed by atoms with Gasteiger partial charge in [0, 0.05) is 24.9 Å². The second-order valence-electron chi connectivity index (χ2n) is 4.49. The van der Waals surface area contributed by atoms with Gasteiger partial charge in [-0.05, 0) is 19.1 Å². The van der Waals surface area contributed by atoms with E-state index < -0.39 is 23.2 Å². The third-order valence-corrected chi connectivity index (χ3v) is 3.03. The van der Waals surface area contributed by atoms with E-state index in [0.29, 0.717) is 5.69 Å². The number of benzene rings is 1. The molecule has 0 spiro atoms. The number of esters is 1. The fourth-order valence-electron chi connectivity index (χ4n) is 2.05. The normalized spacial score (nSPS) is 17.7. The molecular formula is C13H15N3O6. The highest BCUT2D eigenvalue weighted by molar-refractivity contribution is 5.94. The number of non-ortho nitro benzene ring substituents is 1. The molecule has 2 rings (SSSR count). The Balaban J connectivity index is 2.22. The summed E-state index contributed by atoms with van der Waals surface area (Å²) in [5.41, 5.74) is 0.306. The molecular weight excluding hydrogens is 294 g/mol. The second-order valence-corrected chi connectivity index (χ2v) is 4.49. The molecule has 1 aliphatic rings. The lowest BCUT2D eigenvalue weighted by atomic mass is 10.2. The summed E-state index contributed by atoms with van der Waals surface area (Å²) in [7, 11) is 1.42. The highest BCUT2D eigenvalue weighted by Crippen LogP contribution is 2.28. The van der Waals surface area contributed by atoms with E-state index in [4.69, 9.17) is 9.57 Å². The number of nitrogens with zero attached hydrogens (tertiary/aromatic N) is 3. The molecule has 0 bridgehead atoms. The van der Waals surface area contributed by atoms with Crippen molar-refractivity contribution in [3.63, 3.8) is 0 Å². The molecule has 1 aromatic rings. The fraction of sp³-hybridized carbons (Fsp3) is 0.385. The van der Waals surface area contributed by atoms with Crippen molar-refractivity contribution in [1.29, 1.82) is 0 Å². The summed E-state index contributed by atoms with van der Waals surface area (Å²) in [6.45, 7) is 1.91. The molecule has 0 radical (unpaired) electrons. The summed E-state index contributed by atoms with van der Waals surface area (Å²) in [6, 6.07) is 4.95. The van der Waals surface area contributed by atoms with Crippen molar-refractivity contribution >= 4 is 23.4 Å². The smallest absolute Gasteiger partial charge is 0.350 e. The van der Waals surface area contributed by atoms with Crippen LogP contribution in [0.4, 0.5) is 16.2 Å². The van der Waals surface area contributed by atoms with Crippen LogP contribution in [-0.4, -0.2) is 41.9 Å². The molecule has 0 aromatic heterocycles. The first-order valence-electron chi connectivity index (χ1n) is 6.57. The fourth-order valence-corrected chi connectivity index (χ4v) is 2.05. The molecule has 9 heteroatoms. The van der Waals surface area contributed by atoms with Crippen LogP contribution in [0.5, 0.6) is 0 Å². The Morgan fingerprint density at radius 2 is 2.05 bits per heavy atom. The number of amides is 2. The van der Waals surface area contributed by atoms with E-state index in [1.165, 1.54) is 36.2 Å². The number of rotatable bonds is 5. The van der Waals surface area contributed by atoms with Gasteiger partial charge in [-0.1, -0.05) is 0 Å². The number of urea groups is 1. The number of nitro groups is 1. The first-order valence-corrected chi connectivity index (χ1v) is 6.57. The molecule has 0 aliphatic carbocycles. The molecule has 118 valence electrons. The maximum absolute atomic E-state index is 12.1. The van der Waals surface area contributed by atoms with E-state index in [1.807, 2.05) is 0 Å². The van der Waals surface area contributed by atoms with Gasteiger partial charge in [0.2, 0.25) is 0 Å². The van der Waals surface area contributed by atoms with Crippen LogP contribution in [0.2, 0.25) is 0 Å². The standard InChI is InChI=1S/C13H15N3O6/c1-3-21-12(17)8-11-15(13(18)14(2)22-11)9-4-6-10(7-5-9)16(19)20/h4-7,11H,3,8H2,1-2H3/t11-/m0/s1. The molecule has 0 unspecified atom stereocenters. The Hall–Kier alpha value is -2.68. The van der Waals surface area contributed by atoms with E-state index in [0.717, 1.165) is 5.06 Å². The quantitative estimate of drug-likeness (QED) is 0.466. The van der Waals surface area contributed by atoms with E-state index in [-0.39, 0.29) is 18.7 Å². The molecule has 0 saturated carbocycles. The number of carbonyl (C=O) groups excluding carboxylic acids is 2. The van der Waals surface area contributed by atoms with E-state index in [1.54, 1.807) is 6.92 Å². The minimum absolute atomic E-state index is 0.0911. The predicted molar refractivity (Wildman–Crippen MR) is 74.9 cm³/mol. The van der Waals surface area contributed by atoms with Crippen LogP contribution in [0.3, 0.4) is 0 Å². The number of nitro benzene ring substituents is 1. The van der Waals surface area contributed by atoms with Crippen molar-refractivity contribution < 1.29 is 24.1 Å². The van der Waals surface area contributed by atoms with Crippen molar-refractivity contribution in [2.75, 3.05) is 18.6 Å². The average Bonchev–Trinajstić information content (AvgIpc) is 2.74. The summed E-state index contributed by atoms with van der Waals surface area (Å²) in [4.78, 5) is 40.4. The van der Waals surface area contributed by atoms with Gasteiger partial charge in [0.15, 0.2) is 6.23 Å². The van der Waals surface area contributed by atoms with Crippen molar-refractivity contribution in [1.82, 2.24) is 5.06 Å². The highest BCUT2D eigenvalue weighted by Gasteiger charge is 2.39. The molecule has 1 aliphatic heterocycles. The topological polar surface area (TPSA) is 102 Å². The number of anilines is 1. The van der Waals surface area contributed by atoms with Gasteiger partial charge >= 0.3 is 12.0 Å². The molecule has 1 heterocycles. The van der Waals surface area contributed by atoms with E-state index >= 15 is 0 Å². The Morgan fingerprint density at radius 3 is 2.59 bits per heavy atom. The van der Waals surface area contributed by atoms with Crippen LogP contribution in [0.25, 0.3) is 0 Å². The van der Waals surface area contributed by atoms with Gasteiger partial charge in [-0.25, -0.2) is 14.7 Å². The number of hydroxylamine groups is 2. The zero-order valence-corrected chi connectivity index (χ0v) is 12.1. The summed E-state index contributed by atoms with van der Waals surface area (Å²) >= 11 is 0. The Kier molecular flexibility index (Phi) is 4.56. The third kappa shape index (κ3) is 3.14. The summed E-state index contributed by atoms with van der Waals surface area (Å²) in [6.07, 6.45) is -0.987. The van der Waals surface area contributed by atoms with Crippen molar-refractivity contribution in [2.45, 2.75) is 19.6 Å². The molecule has 22 heavy (non-hydrogen) atoms. The minimum atomic E-state index is -0.849. The van der Waals surface area contributed by atoms with Crippen LogP contribution < -0.4 is 4.90 Å². The number of ether oxygens (including phenoxy) is 1. The number of hydrogen-bond acceptors (Lipinski definition) is 6. The second kappa shape index (κ2) is 6.39. The molecule has 0 N–H and O–H groups in total. The van der Waals surface area contributed by atoms with Crippen LogP contribution in [0, 0.1) is 10.1 Å². The predicted octanol–water partition coefficient (Wildman–Crippen LogP) is 1.68. The third-order valence-electron chi connectivity index (χ3n) is 3.03. The number of hydrogen-bond donors (Lipinski definition) is 0. The van der Waals surface area contributed by atoms with Gasteiger partial charge in [-0.15, -0.1) is 0 Å². The van der Waals surface area contributed by atoms with Gasteiger partial charge in [-0.2, -0.15) is 0 Å². The maximum atomic E-state index is 12.1. The monoisotopic (exact) mass is 309 g/mol. The largest absolute Gasteiger partial charge is 0.466 e.